The molecule has 0 bridgehead atoms. The van der Waals surface area contributed by atoms with Crippen LogP contribution >= 0.6 is 0 Å². The molecule has 31 heavy (non-hydrogen) atoms. The fraction of sp³-hybridized carbons (Fsp3) is 0.920. The summed E-state index contributed by atoms with van der Waals surface area (Å²) in [4.78, 5) is 32.6. The van der Waals surface area contributed by atoms with Crippen LogP contribution in [0.5, 0.6) is 0 Å². The number of nitrogens with one attached hydrogen (secondary N) is 1. The van der Waals surface area contributed by atoms with Gasteiger partial charge in [-0.05, 0) is 51.4 Å². The number of nitrogens with zero attached hydrogens (tertiary/aromatic N) is 3. The zero-order chi connectivity index (χ0) is 21.8. The Morgan fingerprint density at radius 2 is 1.52 bits per heavy atom. The van der Waals surface area contributed by atoms with E-state index in [2.05, 4.69) is 33.9 Å². The fourth-order valence-corrected chi connectivity index (χ4v) is 6.76. The first-order valence-corrected chi connectivity index (χ1v) is 13.2. The number of piperidine rings is 2. The van der Waals surface area contributed by atoms with Gasteiger partial charge in [0, 0.05) is 44.2 Å². The maximum Gasteiger partial charge on any atom is 0.318 e. The highest BCUT2D eigenvalue weighted by molar-refractivity contribution is 5.79. The first kappa shape index (κ1) is 22.9. The van der Waals surface area contributed by atoms with Crippen LogP contribution in [0, 0.1) is 5.92 Å². The van der Waals surface area contributed by atoms with E-state index in [0.717, 1.165) is 84.0 Å². The van der Waals surface area contributed by atoms with E-state index in [1.165, 1.54) is 19.3 Å². The molecule has 0 radical (unpaired) electrons. The third-order valence-corrected chi connectivity index (χ3v) is 8.44. The van der Waals surface area contributed by atoms with Crippen molar-refractivity contribution < 1.29 is 9.59 Å². The van der Waals surface area contributed by atoms with Crippen LogP contribution < -0.4 is 5.32 Å². The van der Waals surface area contributed by atoms with E-state index < -0.39 is 0 Å². The van der Waals surface area contributed by atoms with Crippen LogP contribution in [0.15, 0.2) is 0 Å². The Kier molecular flexibility index (Phi) is 7.78. The second-order valence-corrected chi connectivity index (χ2v) is 10.4. The largest absolute Gasteiger partial charge is 0.342 e. The van der Waals surface area contributed by atoms with Crippen LogP contribution in [0.2, 0.25) is 0 Å². The molecule has 3 heterocycles. The van der Waals surface area contributed by atoms with Gasteiger partial charge in [-0.3, -0.25) is 4.79 Å². The number of carbonyl (C=O) groups excluding carboxylic acids is 2. The molecular weight excluding hydrogens is 388 g/mol. The Labute approximate surface area is 189 Å². The number of hydrogen-bond donors (Lipinski definition) is 1. The van der Waals surface area contributed by atoms with Crippen LogP contribution in [0.4, 0.5) is 4.79 Å². The van der Waals surface area contributed by atoms with E-state index >= 15 is 0 Å². The number of amides is 3. The van der Waals surface area contributed by atoms with Crippen molar-refractivity contribution in [2.75, 3.05) is 26.2 Å². The van der Waals surface area contributed by atoms with E-state index in [1.807, 2.05) is 0 Å². The van der Waals surface area contributed by atoms with Gasteiger partial charge < -0.3 is 20.0 Å². The minimum atomic E-state index is 0.191. The van der Waals surface area contributed by atoms with E-state index in [9.17, 15) is 9.59 Å². The van der Waals surface area contributed by atoms with Gasteiger partial charge in [0.05, 0.1) is 12.1 Å². The average molecular weight is 433 g/mol. The quantitative estimate of drug-likeness (QED) is 0.662. The van der Waals surface area contributed by atoms with Gasteiger partial charge >= 0.3 is 6.03 Å². The lowest BCUT2D eigenvalue weighted by molar-refractivity contribution is -0.137. The normalized spacial score (nSPS) is 28.8. The molecule has 2 atom stereocenters. The van der Waals surface area contributed by atoms with Crippen molar-refractivity contribution in [3.8, 4) is 0 Å². The van der Waals surface area contributed by atoms with Crippen molar-refractivity contribution in [1.29, 1.82) is 0 Å². The average Bonchev–Trinajstić information content (AvgIpc) is 3.14. The summed E-state index contributed by atoms with van der Waals surface area (Å²) in [5.74, 6) is 0.639. The minimum Gasteiger partial charge on any atom is -0.342 e. The van der Waals surface area contributed by atoms with Crippen molar-refractivity contribution in [3.05, 3.63) is 0 Å². The second kappa shape index (κ2) is 10.5. The van der Waals surface area contributed by atoms with E-state index in [-0.39, 0.29) is 11.9 Å². The molecule has 6 nitrogen and oxygen atoms in total. The molecule has 6 heteroatoms. The SMILES string of the molecule is CCCC(CCC)C(=O)N1CCC(N2CCC(N3C(=O)N[C@H]4CCCC[C@@H]43)CC2)CC1. The summed E-state index contributed by atoms with van der Waals surface area (Å²) in [6.45, 7) is 8.41. The molecule has 176 valence electrons. The Morgan fingerprint density at radius 3 is 2.16 bits per heavy atom. The first-order valence-electron chi connectivity index (χ1n) is 13.2. The van der Waals surface area contributed by atoms with Gasteiger partial charge in [0.1, 0.15) is 0 Å². The van der Waals surface area contributed by atoms with Crippen molar-refractivity contribution in [2.45, 2.75) is 115 Å². The zero-order valence-electron chi connectivity index (χ0n) is 19.9. The molecule has 1 aliphatic carbocycles. The molecule has 4 rings (SSSR count). The van der Waals surface area contributed by atoms with Crippen molar-refractivity contribution in [1.82, 2.24) is 20.0 Å². The van der Waals surface area contributed by atoms with Gasteiger partial charge in [-0.2, -0.15) is 0 Å². The summed E-state index contributed by atoms with van der Waals surface area (Å²) in [7, 11) is 0. The molecule has 4 fully saturated rings. The van der Waals surface area contributed by atoms with E-state index in [4.69, 9.17) is 0 Å². The molecular formula is C25H44N4O2. The van der Waals surface area contributed by atoms with E-state index in [1.54, 1.807) is 0 Å². The molecule has 0 unspecified atom stereocenters. The Bertz CT molecular complexity index is 605. The van der Waals surface area contributed by atoms with Gasteiger partial charge in [-0.25, -0.2) is 4.79 Å². The molecule has 0 spiro atoms. The minimum absolute atomic E-state index is 0.191. The maximum absolute atomic E-state index is 13.0. The van der Waals surface area contributed by atoms with Gasteiger partial charge in [0.2, 0.25) is 5.91 Å². The smallest absolute Gasteiger partial charge is 0.318 e. The number of fused-ring (bicyclic) bond motifs is 1. The Balaban J connectivity index is 1.24. The zero-order valence-corrected chi connectivity index (χ0v) is 19.9. The fourth-order valence-electron chi connectivity index (χ4n) is 6.76. The standard InChI is InChI=1S/C25H44N4O2/c1-3-7-19(8-4-2)24(30)28-17-11-20(12-18-28)27-15-13-21(14-16-27)29-23-10-6-5-9-22(23)26-25(29)31/h19-23H,3-18H2,1-2H3,(H,26,31)/t22-,23-/m0/s1. The van der Waals surface area contributed by atoms with Crippen molar-refractivity contribution >= 4 is 11.9 Å². The van der Waals surface area contributed by atoms with Crippen LogP contribution in [0.1, 0.15) is 90.9 Å². The number of carbonyl (C=O) groups is 2. The van der Waals surface area contributed by atoms with Crippen LogP contribution in [-0.4, -0.2) is 77.0 Å². The molecule has 0 aromatic rings. The van der Waals surface area contributed by atoms with Crippen molar-refractivity contribution in [2.24, 2.45) is 5.92 Å². The van der Waals surface area contributed by atoms with Gasteiger partial charge in [-0.15, -0.1) is 0 Å². The topological polar surface area (TPSA) is 55.9 Å². The molecule has 0 aromatic carbocycles. The van der Waals surface area contributed by atoms with Crippen molar-refractivity contribution in [3.63, 3.8) is 0 Å². The summed E-state index contributed by atoms with van der Waals surface area (Å²) in [5.41, 5.74) is 0. The van der Waals surface area contributed by atoms with Crippen LogP contribution in [-0.2, 0) is 4.79 Å². The summed E-state index contributed by atoms with van der Waals surface area (Å²) < 4.78 is 0. The first-order chi connectivity index (χ1) is 15.1. The molecule has 3 amide bonds. The summed E-state index contributed by atoms with van der Waals surface area (Å²) in [6.07, 6.45) is 13.5. The molecule has 3 aliphatic heterocycles. The molecule has 1 saturated carbocycles. The number of urea groups is 1. The van der Waals surface area contributed by atoms with Crippen LogP contribution in [0.25, 0.3) is 0 Å². The molecule has 4 aliphatic rings. The summed E-state index contributed by atoms with van der Waals surface area (Å²) in [6, 6.07) is 2.04. The van der Waals surface area contributed by atoms with Crippen LogP contribution in [0.3, 0.4) is 0 Å². The molecule has 1 N–H and O–H groups in total. The summed E-state index contributed by atoms with van der Waals surface area (Å²) in [5, 5.41) is 3.26. The monoisotopic (exact) mass is 432 g/mol. The maximum atomic E-state index is 13.0. The van der Waals surface area contributed by atoms with Gasteiger partial charge in [0.25, 0.3) is 0 Å². The second-order valence-electron chi connectivity index (χ2n) is 10.4. The van der Waals surface area contributed by atoms with Gasteiger partial charge in [0.15, 0.2) is 0 Å². The lowest BCUT2D eigenvalue weighted by Crippen LogP contribution is -2.54. The highest BCUT2D eigenvalue weighted by Gasteiger charge is 2.44. The number of rotatable bonds is 7. The number of likely N-dealkylation sites (tertiary alicyclic amines) is 2. The molecule has 0 aromatic heterocycles. The van der Waals surface area contributed by atoms with Gasteiger partial charge in [-0.1, -0.05) is 39.5 Å². The lowest BCUT2D eigenvalue weighted by Gasteiger charge is -2.45. The lowest BCUT2D eigenvalue weighted by atomic mass is 9.89. The predicted molar refractivity (Wildman–Crippen MR) is 124 cm³/mol. The summed E-state index contributed by atoms with van der Waals surface area (Å²) >= 11 is 0. The predicted octanol–water partition coefficient (Wildman–Crippen LogP) is 3.99. The Hall–Kier alpha value is -1.30. The Morgan fingerprint density at radius 1 is 0.903 bits per heavy atom. The van der Waals surface area contributed by atoms with E-state index in [0.29, 0.717) is 30.1 Å². The number of hydrogen-bond acceptors (Lipinski definition) is 3. The third kappa shape index (κ3) is 5.04. The highest BCUT2D eigenvalue weighted by Crippen LogP contribution is 2.33. The third-order valence-electron chi connectivity index (χ3n) is 8.44. The molecule has 3 saturated heterocycles. The highest BCUT2D eigenvalue weighted by atomic mass is 16.2.